The smallest absolute Gasteiger partial charge is 0.318 e. The molecule has 1 saturated carbocycles. The largest absolute Gasteiger partial charge is 0.480 e. The van der Waals surface area contributed by atoms with Crippen LogP contribution in [0.3, 0.4) is 0 Å². The second-order valence-corrected chi connectivity index (χ2v) is 6.20. The van der Waals surface area contributed by atoms with E-state index in [1.165, 1.54) is 6.92 Å². The molecule has 0 aliphatic heterocycles. The van der Waals surface area contributed by atoms with Gasteiger partial charge >= 0.3 is 5.97 Å². The van der Waals surface area contributed by atoms with Gasteiger partial charge in [0.05, 0.1) is 6.07 Å². The molecular formula is C9H14N2O4S. The Kier molecular flexibility index (Phi) is 3.88. The number of hydrogen-bond donors (Lipinski definition) is 1. The van der Waals surface area contributed by atoms with Gasteiger partial charge < -0.3 is 5.11 Å². The summed E-state index contributed by atoms with van der Waals surface area (Å²) in [5.74, 6) is -0.950. The van der Waals surface area contributed by atoms with Crippen LogP contribution in [-0.2, 0) is 14.8 Å². The number of nitrogens with zero attached hydrogens (tertiary/aromatic N) is 2. The van der Waals surface area contributed by atoms with Crippen LogP contribution in [0.25, 0.3) is 0 Å². The third kappa shape index (κ3) is 3.18. The first-order valence-electron chi connectivity index (χ1n) is 4.98. The van der Waals surface area contributed by atoms with E-state index in [2.05, 4.69) is 0 Å². The normalized spacial score (nSPS) is 18.1. The van der Waals surface area contributed by atoms with Crippen LogP contribution in [0.2, 0.25) is 0 Å². The van der Waals surface area contributed by atoms with Crippen LogP contribution in [0, 0.1) is 17.2 Å². The molecule has 0 aromatic heterocycles. The predicted octanol–water partition coefficient (Wildman–Crippen LogP) is 0.0249. The van der Waals surface area contributed by atoms with Crippen molar-refractivity contribution in [3.63, 3.8) is 0 Å². The second-order valence-electron chi connectivity index (χ2n) is 3.95. The van der Waals surface area contributed by atoms with E-state index >= 15 is 0 Å². The van der Waals surface area contributed by atoms with Gasteiger partial charge in [-0.3, -0.25) is 4.79 Å². The lowest BCUT2D eigenvalue weighted by atomic mass is 10.4. The number of nitriles is 1. The maximum atomic E-state index is 11.8. The zero-order valence-electron chi connectivity index (χ0n) is 8.96. The summed E-state index contributed by atoms with van der Waals surface area (Å²) in [4.78, 5) is 10.6. The van der Waals surface area contributed by atoms with Gasteiger partial charge in [0, 0.05) is 6.54 Å². The molecule has 0 amide bonds. The van der Waals surface area contributed by atoms with E-state index in [0.29, 0.717) is 0 Å². The van der Waals surface area contributed by atoms with Crippen LogP contribution in [0.1, 0.15) is 19.8 Å². The molecule has 1 N–H and O–H groups in total. The van der Waals surface area contributed by atoms with Crippen LogP contribution >= 0.6 is 0 Å². The lowest BCUT2D eigenvalue weighted by molar-refractivity contribution is -0.137. The Morgan fingerprint density at radius 1 is 1.62 bits per heavy atom. The first-order valence-corrected chi connectivity index (χ1v) is 6.48. The molecule has 0 aromatic rings. The monoisotopic (exact) mass is 246 g/mol. The lowest BCUT2D eigenvalue weighted by Crippen LogP contribution is -2.41. The summed E-state index contributed by atoms with van der Waals surface area (Å²) < 4.78 is 24.5. The molecule has 1 aliphatic carbocycles. The van der Waals surface area contributed by atoms with E-state index in [0.717, 1.165) is 17.1 Å². The summed E-state index contributed by atoms with van der Waals surface area (Å²) >= 11 is 0. The molecule has 7 heteroatoms. The number of carbonyl (C=O) groups is 1. The third-order valence-corrected chi connectivity index (χ3v) is 4.46. The van der Waals surface area contributed by atoms with Gasteiger partial charge in [-0.25, -0.2) is 8.42 Å². The highest BCUT2D eigenvalue weighted by atomic mass is 32.2. The molecule has 0 heterocycles. The summed E-state index contributed by atoms with van der Waals surface area (Å²) in [7, 11) is -3.81. The summed E-state index contributed by atoms with van der Waals surface area (Å²) in [5.41, 5.74) is 0. The first kappa shape index (κ1) is 12.9. The van der Waals surface area contributed by atoms with Crippen LogP contribution in [-0.4, -0.2) is 42.1 Å². The Morgan fingerprint density at radius 2 is 2.19 bits per heavy atom. The fourth-order valence-corrected chi connectivity index (χ4v) is 2.58. The fraction of sp³-hybridized carbons (Fsp3) is 0.778. The van der Waals surface area contributed by atoms with Crippen molar-refractivity contribution in [2.75, 3.05) is 13.1 Å². The predicted molar refractivity (Wildman–Crippen MR) is 55.9 cm³/mol. The Labute approximate surface area is 94.5 Å². The van der Waals surface area contributed by atoms with Crippen molar-refractivity contribution >= 4 is 16.0 Å². The number of rotatable bonds is 6. The van der Waals surface area contributed by atoms with Gasteiger partial charge in [-0.05, 0) is 25.7 Å². The zero-order chi connectivity index (χ0) is 12.3. The standard InChI is InChI=1S/C9H14N2O4S/c1-7(4-10)16(14,15)11(6-9(12)13)5-8-2-3-8/h7-8H,2-3,5-6H2,1H3,(H,12,13). The maximum Gasteiger partial charge on any atom is 0.318 e. The molecule has 1 rings (SSSR count). The highest BCUT2D eigenvalue weighted by Gasteiger charge is 2.35. The van der Waals surface area contributed by atoms with Gasteiger partial charge in [0.25, 0.3) is 0 Å². The Hall–Kier alpha value is -1.13. The van der Waals surface area contributed by atoms with Crippen molar-refractivity contribution in [1.82, 2.24) is 4.31 Å². The van der Waals surface area contributed by atoms with E-state index in [-0.39, 0.29) is 12.5 Å². The lowest BCUT2D eigenvalue weighted by Gasteiger charge is -2.21. The molecule has 1 unspecified atom stereocenters. The van der Waals surface area contributed by atoms with Gasteiger partial charge in [-0.15, -0.1) is 0 Å². The van der Waals surface area contributed by atoms with E-state index in [4.69, 9.17) is 10.4 Å². The van der Waals surface area contributed by atoms with Gasteiger partial charge in [-0.2, -0.15) is 9.57 Å². The molecule has 0 radical (unpaired) electrons. The second kappa shape index (κ2) is 4.80. The van der Waals surface area contributed by atoms with E-state index < -0.39 is 27.8 Å². The quantitative estimate of drug-likeness (QED) is 0.712. The summed E-state index contributed by atoms with van der Waals surface area (Å²) in [6, 6.07) is 1.63. The highest BCUT2D eigenvalue weighted by Crippen LogP contribution is 2.30. The van der Waals surface area contributed by atoms with Gasteiger partial charge in [-0.1, -0.05) is 0 Å². The Morgan fingerprint density at radius 3 is 2.56 bits per heavy atom. The van der Waals surface area contributed by atoms with E-state index in [9.17, 15) is 13.2 Å². The van der Waals surface area contributed by atoms with Crippen molar-refractivity contribution in [3.05, 3.63) is 0 Å². The van der Waals surface area contributed by atoms with Crippen LogP contribution in [0.15, 0.2) is 0 Å². The topological polar surface area (TPSA) is 98.5 Å². The zero-order valence-corrected chi connectivity index (χ0v) is 9.77. The van der Waals surface area contributed by atoms with Gasteiger partial charge in [0.15, 0.2) is 5.25 Å². The summed E-state index contributed by atoms with van der Waals surface area (Å²) in [6.07, 6.45) is 1.85. The van der Waals surface area contributed by atoms with Crippen LogP contribution in [0.5, 0.6) is 0 Å². The van der Waals surface area contributed by atoms with E-state index in [1.807, 2.05) is 0 Å². The molecule has 1 atom stereocenters. The average Bonchev–Trinajstić information content (AvgIpc) is 2.98. The van der Waals surface area contributed by atoms with Crippen molar-refractivity contribution in [2.24, 2.45) is 5.92 Å². The Balaban J connectivity index is 2.81. The minimum atomic E-state index is -3.81. The van der Waals surface area contributed by atoms with Crippen molar-refractivity contribution in [2.45, 2.75) is 25.0 Å². The van der Waals surface area contributed by atoms with Crippen LogP contribution < -0.4 is 0 Å². The van der Waals surface area contributed by atoms with Crippen LogP contribution in [0.4, 0.5) is 0 Å². The Bertz CT molecular complexity index is 408. The molecule has 90 valence electrons. The fourth-order valence-electron chi connectivity index (χ4n) is 1.29. The average molecular weight is 246 g/mol. The molecule has 0 aromatic carbocycles. The number of aliphatic carboxylic acids is 1. The SMILES string of the molecule is CC(C#N)S(=O)(=O)N(CC(=O)O)CC1CC1. The molecule has 1 fully saturated rings. The first-order chi connectivity index (χ1) is 7.37. The number of carboxylic acids is 1. The number of sulfonamides is 1. The summed E-state index contributed by atoms with van der Waals surface area (Å²) in [6.45, 7) is 0.905. The molecule has 1 aliphatic rings. The minimum absolute atomic E-state index is 0.209. The van der Waals surface area contributed by atoms with Crippen molar-refractivity contribution in [3.8, 4) is 6.07 Å². The molecule has 0 saturated heterocycles. The molecule has 0 bridgehead atoms. The molecule has 6 nitrogen and oxygen atoms in total. The van der Waals surface area contributed by atoms with Gasteiger partial charge in [0.1, 0.15) is 6.54 Å². The van der Waals surface area contributed by atoms with Gasteiger partial charge in [0.2, 0.25) is 10.0 Å². The molecule has 0 spiro atoms. The minimum Gasteiger partial charge on any atom is -0.480 e. The number of hydrogen-bond acceptors (Lipinski definition) is 4. The third-order valence-electron chi connectivity index (χ3n) is 2.46. The van der Waals surface area contributed by atoms with Crippen molar-refractivity contribution < 1.29 is 18.3 Å². The number of carboxylic acid groups (broad SMARTS) is 1. The summed E-state index contributed by atoms with van der Waals surface area (Å²) in [5, 5.41) is 16.0. The molecule has 16 heavy (non-hydrogen) atoms. The van der Waals surface area contributed by atoms with Crippen molar-refractivity contribution in [1.29, 1.82) is 5.26 Å². The highest BCUT2D eigenvalue weighted by molar-refractivity contribution is 7.90. The van der Waals surface area contributed by atoms with E-state index in [1.54, 1.807) is 6.07 Å². The molecular weight excluding hydrogens is 232 g/mol. The maximum absolute atomic E-state index is 11.8.